The molecule has 4 heteroatoms. The number of benzene rings is 1. The number of halogens is 1. The molecule has 112 valence electrons. The molecule has 0 spiro atoms. The number of hydrogen-bond donors (Lipinski definition) is 2. The smallest absolute Gasteiger partial charge is 0.120 e. The van der Waals surface area contributed by atoms with Crippen LogP contribution in [0.2, 0.25) is 0 Å². The van der Waals surface area contributed by atoms with Crippen molar-refractivity contribution < 1.29 is 5.11 Å². The van der Waals surface area contributed by atoms with Gasteiger partial charge in [-0.15, -0.1) is 0 Å². The number of aromatic hydroxyl groups is 1. The summed E-state index contributed by atoms with van der Waals surface area (Å²) in [5.41, 5.74) is 1.01. The number of phenols is 1. The standard InChI is InChI=1S/C16H25BrN2O/c1-2-8-19(11-13-4-3-7-18-10-13)12-14-9-15(17)5-6-16(14)20/h5-6,9,13,18,20H,2-4,7-8,10-12H2,1H3. The van der Waals surface area contributed by atoms with Crippen LogP contribution < -0.4 is 5.32 Å². The Balaban J connectivity index is 1.98. The van der Waals surface area contributed by atoms with Gasteiger partial charge >= 0.3 is 0 Å². The highest BCUT2D eigenvalue weighted by Gasteiger charge is 2.17. The topological polar surface area (TPSA) is 35.5 Å². The van der Waals surface area contributed by atoms with E-state index < -0.39 is 0 Å². The molecule has 1 aliphatic heterocycles. The van der Waals surface area contributed by atoms with Gasteiger partial charge in [-0.1, -0.05) is 22.9 Å². The van der Waals surface area contributed by atoms with Gasteiger partial charge in [0.25, 0.3) is 0 Å². The maximum absolute atomic E-state index is 10.00. The second-order valence-corrected chi connectivity index (χ2v) is 6.64. The quantitative estimate of drug-likeness (QED) is 0.833. The predicted octanol–water partition coefficient (Wildman–Crippen LogP) is 3.37. The number of hydrogen-bond acceptors (Lipinski definition) is 3. The second-order valence-electron chi connectivity index (χ2n) is 5.72. The summed E-state index contributed by atoms with van der Waals surface area (Å²) >= 11 is 3.48. The molecule has 0 bridgehead atoms. The lowest BCUT2D eigenvalue weighted by Crippen LogP contribution is -2.38. The molecule has 1 aliphatic rings. The fraction of sp³-hybridized carbons (Fsp3) is 0.625. The van der Waals surface area contributed by atoms with E-state index in [1.807, 2.05) is 12.1 Å². The summed E-state index contributed by atoms with van der Waals surface area (Å²) in [7, 11) is 0. The van der Waals surface area contributed by atoms with Crippen molar-refractivity contribution in [1.29, 1.82) is 0 Å². The predicted molar refractivity (Wildman–Crippen MR) is 87.0 cm³/mol. The molecule has 0 aliphatic carbocycles. The second kappa shape index (κ2) is 8.01. The molecule has 0 saturated carbocycles. The molecule has 1 unspecified atom stereocenters. The lowest BCUT2D eigenvalue weighted by molar-refractivity contribution is 0.199. The number of nitrogens with zero attached hydrogens (tertiary/aromatic N) is 1. The Bertz CT molecular complexity index is 419. The van der Waals surface area contributed by atoms with Crippen LogP contribution in [0.3, 0.4) is 0 Å². The Morgan fingerprint density at radius 3 is 3.00 bits per heavy atom. The summed E-state index contributed by atoms with van der Waals surface area (Å²) in [4.78, 5) is 2.47. The molecular formula is C16H25BrN2O. The number of phenolic OH excluding ortho intramolecular Hbond substituents is 1. The fourth-order valence-electron chi connectivity index (χ4n) is 2.92. The van der Waals surface area contributed by atoms with Crippen LogP contribution >= 0.6 is 15.9 Å². The van der Waals surface area contributed by atoms with E-state index in [0.717, 1.165) is 55.1 Å². The van der Waals surface area contributed by atoms with Crippen molar-refractivity contribution in [3.8, 4) is 5.75 Å². The molecule has 0 radical (unpaired) electrons. The zero-order chi connectivity index (χ0) is 14.4. The molecule has 2 N–H and O–H groups in total. The Morgan fingerprint density at radius 2 is 2.30 bits per heavy atom. The Labute approximate surface area is 130 Å². The van der Waals surface area contributed by atoms with Crippen molar-refractivity contribution in [2.45, 2.75) is 32.7 Å². The molecule has 1 aromatic rings. The Hall–Kier alpha value is -0.580. The first-order valence-corrected chi connectivity index (χ1v) is 8.38. The van der Waals surface area contributed by atoms with Gasteiger partial charge in [0, 0.05) is 23.1 Å². The fourth-order valence-corrected chi connectivity index (χ4v) is 3.33. The number of rotatable bonds is 6. The summed E-state index contributed by atoms with van der Waals surface area (Å²) in [6.07, 6.45) is 3.75. The van der Waals surface area contributed by atoms with Crippen molar-refractivity contribution in [3.05, 3.63) is 28.2 Å². The molecule has 0 aromatic heterocycles. The zero-order valence-corrected chi connectivity index (χ0v) is 13.8. The summed E-state index contributed by atoms with van der Waals surface area (Å²) in [5.74, 6) is 1.14. The third-order valence-electron chi connectivity index (χ3n) is 3.89. The van der Waals surface area contributed by atoms with Gasteiger partial charge in [0.1, 0.15) is 5.75 Å². The van der Waals surface area contributed by atoms with Crippen LogP contribution in [0.1, 0.15) is 31.7 Å². The molecule has 20 heavy (non-hydrogen) atoms. The minimum absolute atomic E-state index is 0.399. The van der Waals surface area contributed by atoms with Crippen LogP contribution in [0.4, 0.5) is 0 Å². The molecule has 0 amide bonds. The van der Waals surface area contributed by atoms with E-state index >= 15 is 0 Å². The van der Waals surface area contributed by atoms with Gasteiger partial charge in [-0.05, 0) is 63.0 Å². The van der Waals surface area contributed by atoms with E-state index in [-0.39, 0.29) is 0 Å². The van der Waals surface area contributed by atoms with E-state index in [2.05, 4.69) is 33.1 Å². The highest BCUT2D eigenvalue weighted by molar-refractivity contribution is 9.10. The van der Waals surface area contributed by atoms with Gasteiger partial charge in [0.2, 0.25) is 0 Å². The van der Waals surface area contributed by atoms with E-state index in [0.29, 0.717) is 5.75 Å². The maximum Gasteiger partial charge on any atom is 0.120 e. The molecule has 3 nitrogen and oxygen atoms in total. The third kappa shape index (κ3) is 4.76. The van der Waals surface area contributed by atoms with Gasteiger partial charge in [0.05, 0.1) is 0 Å². The van der Waals surface area contributed by atoms with Gasteiger partial charge in [-0.3, -0.25) is 4.90 Å². The van der Waals surface area contributed by atoms with Crippen LogP contribution in [-0.4, -0.2) is 36.2 Å². The van der Waals surface area contributed by atoms with Crippen molar-refractivity contribution >= 4 is 15.9 Å². The largest absolute Gasteiger partial charge is 0.508 e. The Morgan fingerprint density at radius 1 is 1.45 bits per heavy atom. The SMILES string of the molecule is CCCN(Cc1cc(Br)ccc1O)CC1CCCNC1. The van der Waals surface area contributed by atoms with Gasteiger partial charge < -0.3 is 10.4 Å². The lowest BCUT2D eigenvalue weighted by atomic mass is 9.98. The summed E-state index contributed by atoms with van der Waals surface area (Å²) in [6.45, 7) is 7.54. The van der Waals surface area contributed by atoms with Crippen LogP contribution in [0.25, 0.3) is 0 Å². The first kappa shape index (κ1) is 15.8. The summed E-state index contributed by atoms with van der Waals surface area (Å²) in [5, 5.41) is 13.5. The van der Waals surface area contributed by atoms with E-state index in [1.165, 1.54) is 12.8 Å². The number of nitrogens with one attached hydrogen (secondary N) is 1. The van der Waals surface area contributed by atoms with Crippen molar-refractivity contribution in [1.82, 2.24) is 10.2 Å². The lowest BCUT2D eigenvalue weighted by Gasteiger charge is -2.30. The van der Waals surface area contributed by atoms with Crippen molar-refractivity contribution in [2.75, 3.05) is 26.2 Å². The first-order chi connectivity index (χ1) is 9.69. The highest BCUT2D eigenvalue weighted by Crippen LogP contribution is 2.24. The normalized spacial score (nSPS) is 19.4. The third-order valence-corrected chi connectivity index (χ3v) is 4.38. The van der Waals surface area contributed by atoms with Gasteiger partial charge in [0.15, 0.2) is 0 Å². The maximum atomic E-state index is 10.00. The molecular weight excluding hydrogens is 316 g/mol. The minimum atomic E-state index is 0.399. The Kier molecular flexibility index (Phi) is 6.33. The van der Waals surface area contributed by atoms with E-state index in [1.54, 1.807) is 6.07 Å². The number of piperidine rings is 1. The highest BCUT2D eigenvalue weighted by atomic mass is 79.9. The average molecular weight is 341 g/mol. The molecule has 1 saturated heterocycles. The average Bonchev–Trinajstić information content (AvgIpc) is 2.44. The molecule has 1 atom stereocenters. The summed E-state index contributed by atoms with van der Waals surface area (Å²) in [6, 6.07) is 5.68. The van der Waals surface area contributed by atoms with E-state index in [4.69, 9.17) is 0 Å². The summed E-state index contributed by atoms with van der Waals surface area (Å²) < 4.78 is 1.03. The monoisotopic (exact) mass is 340 g/mol. The minimum Gasteiger partial charge on any atom is -0.508 e. The zero-order valence-electron chi connectivity index (χ0n) is 12.2. The molecule has 1 aromatic carbocycles. The van der Waals surface area contributed by atoms with Crippen LogP contribution in [0.15, 0.2) is 22.7 Å². The van der Waals surface area contributed by atoms with Crippen LogP contribution in [0.5, 0.6) is 5.75 Å². The van der Waals surface area contributed by atoms with Gasteiger partial charge in [-0.2, -0.15) is 0 Å². The van der Waals surface area contributed by atoms with Crippen molar-refractivity contribution in [2.24, 2.45) is 5.92 Å². The van der Waals surface area contributed by atoms with E-state index in [9.17, 15) is 5.11 Å². The van der Waals surface area contributed by atoms with Crippen LogP contribution in [0, 0.1) is 5.92 Å². The molecule has 1 heterocycles. The first-order valence-electron chi connectivity index (χ1n) is 7.59. The molecule has 2 rings (SSSR count). The van der Waals surface area contributed by atoms with Gasteiger partial charge in [-0.25, -0.2) is 0 Å². The van der Waals surface area contributed by atoms with Crippen molar-refractivity contribution in [3.63, 3.8) is 0 Å². The van der Waals surface area contributed by atoms with Crippen LogP contribution in [-0.2, 0) is 6.54 Å². The molecule has 1 fully saturated rings.